The molecule has 0 atom stereocenters. The van der Waals surface area contributed by atoms with Gasteiger partial charge in [-0.2, -0.15) is 5.10 Å². The molecule has 5 saturated carbocycles. The van der Waals surface area contributed by atoms with E-state index in [1.807, 2.05) is 20.3 Å². The van der Waals surface area contributed by atoms with Crippen molar-refractivity contribution in [3.05, 3.63) is 60.6 Å². The molecule has 0 spiro atoms. The van der Waals surface area contributed by atoms with E-state index in [-0.39, 0.29) is 28.8 Å². The number of hydrogen-bond acceptors (Lipinski definition) is 5. The van der Waals surface area contributed by atoms with Gasteiger partial charge in [0.1, 0.15) is 5.82 Å². The zero-order valence-corrected chi connectivity index (χ0v) is 25.2. The van der Waals surface area contributed by atoms with Crippen LogP contribution in [-0.4, -0.2) is 52.5 Å². The molecule has 0 radical (unpaired) electrons. The molecule has 0 unspecified atom stereocenters. The van der Waals surface area contributed by atoms with E-state index in [0.29, 0.717) is 6.04 Å². The molecule has 5 aliphatic rings. The average Bonchev–Trinajstić information content (AvgIpc) is 3.77. The van der Waals surface area contributed by atoms with Gasteiger partial charge in [0, 0.05) is 50.2 Å². The highest BCUT2D eigenvalue weighted by atomic mass is 16.3. The molecule has 2 heterocycles. The summed E-state index contributed by atoms with van der Waals surface area (Å²) in [6, 6.07) is 13.6. The lowest BCUT2D eigenvalue weighted by atomic mass is 9.52. The van der Waals surface area contributed by atoms with Gasteiger partial charge >= 0.3 is 0 Å². The highest BCUT2D eigenvalue weighted by molar-refractivity contribution is 5.96. The molecule has 2 bridgehead atoms. The Bertz CT molecular complexity index is 1390. The first-order valence-corrected chi connectivity index (χ1v) is 16.1. The van der Waals surface area contributed by atoms with Gasteiger partial charge < -0.3 is 14.9 Å². The zero-order valence-electron chi connectivity index (χ0n) is 25.2. The summed E-state index contributed by atoms with van der Waals surface area (Å²) >= 11 is 0. The van der Waals surface area contributed by atoms with E-state index in [9.17, 15) is 9.90 Å². The second-order valence-electron chi connectivity index (χ2n) is 14.0. The van der Waals surface area contributed by atoms with E-state index in [0.717, 1.165) is 93.4 Å². The van der Waals surface area contributed by atoms with Crippen LogP contribution in [0.15, 0.2) is 55.0 Å². The molecule has 1 N–H and O–H groups in total. The third-order valence-electron chi connectivity index (χ3n) is 11.0. The summed E-state index contributed by atoms with van der Waals surface area (Å²) in [5, 5.41) is 14.8. The van der Waals surface area contributed by atoms with Crippen molar-refractivity contribution in [3.8, 4) is 11.1 Å². The third kappa shape index (κ3) is 5.25. The number of aromatic nitrogens is 3. The molecule has 2 aromatic heterocycles. The summed E-state index contributed by atoms with van der Waals surface area (Å²) in [6.45, 7) is 0.781. The zero-order chi connectivity index (χ0) is 28.9. The first-order valence-electron chi connectivity index (χ1n) is 16.1. The topological polar surface area (TPSA) is 74.5 Å². The number of aliphatic hydroxyl groups is 1. The third-order valence-corrected chi connectivity index (χ3v) is 11.0. The minimum absolute atomic E-state index is 0.0152. The molecule has 1 amide bonds. The van der Waals surface area contributed by atoms with Crippen LogP contribution in [-0.2, 0) is 10.2 Å². The number of carbonyl (C=O) groups excluding carboxylic acids is 1. The van der Waals surface area contributed by atoms with Crippen LogP contribution in [0.4, 0.5) is 11.5 Å². The number of benzene rings is 1. The molecule has 42 heavy (non-hydrogen) atoms. The smallest absolute Gasteiger partial charge is 0.230 e. The maximum Gasteiger partial charge on any atom is 0.230 e. The predicted molar refractivity (Wildman–Crippen MR) is 167 cm³/mol. The largest absolute Gasteiger partial charge is 0.393 e. The Balaban J connectivity index is 1.14. The summed E-state index contributed by atoms with van der Waals surface area (Å²) in [7, 11) is 4.07. The van der Waals surface area contributed by atoms with Gasteiger partial charge in [0.2, 0.25) is 5.91 Å². The molecule has 0 saturated heterocycles. The van der Waals surface area contributed by atoms with Crippen molar-refractivity contribution in [2.24, 2.45) is 11.3 Å². The highest BCUT2D eigenvalue weighted by Crippen LogP contribution is 2.58. The number of nitrogens with zero attached hydrogens (tertiary/aromatic N) is 5. The Labute approximate surface area is 249 Å². The lowest BCUT2D eigenvalue weighted by molar-refractivity contribution is -0.124. The molecule has 7 heteroatoms. The van der Waals surface area contributed by atoms with Crippen molar-refractivity contribution in [2.45, 2.75) is 94.6 Å². The van der Waals surface area contributed by atoms with E-state index in [4.69, 9.17) is 4.98 Å². The van der Waals surface area contributed by atoms with Gasteiger partial charge in [-0.3, -0.25) is 9.48 Å². The Morgan fingerprint density at radius 3 is 2.31 bits per heavy atom. The molecular formula is C35H45N5O2. The molecule has 8 rings (SSSR count). The standard InChI is InChI=1S/C35H45N5O2/c1-38(2)32-13-8-28(22-36-32)35-17-14-34(15-18-35,16-19-35)24-39(33(42)25-6-11-31(41)12-7-25)30-5-3-4-26(20-30)27-21-37-40(23-27)29-9-10-29/h3-5,8,13,20-23,25,29,31,41H,6-7,9-12,14-19,24H2,1-2H3/t25-,31-,34?,35?. The van der Waals surface area contributed by atoms with Crippen LogP contribution in [0, 0.1) is 11.3 Å². The van der Waals surface area contributed by atoms with E-state index < -0.39 is 0 Å². The van der Waals surface area contributed by atoms with Crippen LogP contribution in [0.3, 0.4) is 0 Å². The Morgan fingerprint density at radius 2 is 1.67 bits per heavy atom. The molecule has 5 aliphatic carbocycles. The number of fused-ring (bicyclic) bond motifs is 3. The number of amides is 1. The molecule has 5 fully saturated rings. The number of pyridine rings is 1. The van der Waals surface area contributed by atoms with Crippen LogP contribution >= 0.6 is 0 Å². The quantitative estimate of drug-likeness (QED) is 0.335. The molecule has 1 aromatic carbocycles. The fourth-order valence-electron chi connectivity index (χ4n) is 7.95. The fraction of sp³-hybridized carbons (Fsp3) is 0.571. The van der Waals surface area contributed by atoms with Gasteiger partial charge in [-0.05, 0) is 117 Å². The lowest BCUT2D eigenvalue weighted by Crippen LogP contribution is -2.51. The normalized spacial score (nSPS) is 28.9. The first kappa shape index (κ1) is 27.6. The molecule has 3 aromatic rings. The highest BCUT2D eigenvalue weighted by Gasteiger charge is 2.50. The van der Waals surface area contributed by atoms with Gasteiger partial charge in [-0.1, -0.05) is 18.2 Å². The molecule has 0 aliphatic heterocycles. The second-order valence-corrected chi connectivity index (χ2v) is 14.0. The molecular weight excluding hydrogens is 522 g/mol. The summed E-state index contributed by atoms with van der Waals surface area (Å²) in [4.78, 5) is 23.2. The molecule has 222 valence electrons. The summed E-state index contributed by atoms with van der Waals surface area (Å²) in [6.07, 6.45) is 18.3. The van der Waals surface area contributed by atoms with Crippen molar-refractivity contribution in [1.29, 1.82) is 0 Å². The number of rotatable bonds is 8. The minimum atomic E-state index is -0.265. The van der Waals surface area contributed by atoms with Crippen molar-refractivity contribution < 1.29 is 9.90 Å². The summed E-state index contributed by atoms with van der Waals surface area (Å²) in [5.74, 6) is 1.23. The second kappa shape index (κ2) is 10.8. The fourth-order valence-corrected chi connectivity index (χ4v) is 7.95. The lowest BCUT2D eigenvalue weighted by Gasteiger charge is -2.55. The number of anilines is 2. The Morgan fingerprint density at radius 1 is 0.929 bits per heavy atom. The van der Waals surface area contributed by atoms with Crippen LogP contribution in [0.25, 0.3) is 11.1 Å². The van der Waals surface area contributed by atoms with Crippen molar-refractivity contribution in [1.82, 2.24) is 14.8 Å². The van der Waals surface area contributed by atoms with Crippen LogP contribution in [0.5, 0.6) is 0 Å². The maximum absolute atomic E-state index is 14.3. The van der Waals surface area contributed by atoms with Crippen molar-refractivity contribution >= 4 is 17.4 Å². The van der Waals surface area contributed by atoms with Gasteiger partial charge in [0.25, 0.3) is 0 Å². The SMILES string of the molecule is CN(C)c1ccc(C23CCC(CN(c4cccc(-c5cnn(C6CC6)c5)c4)C(=O)[C@H]4CC[C@H](O)CC4)(CC2)CC3)cn1. The van der Waals surface area contributed by atoms with E-state index in [1.54, 1.807) is 0 Å². The first-order chi connectivity index (χ1) is 20.3. The predicted octanol–water partition coefficient (Wildman–Crippen LogP) is 6.52. The van der Waals surface area contributed by atoms with E-state index in [2.05, 4.69) is 68.4 Å². The van der Waals surface area contributed by atoms with Crippen molar-refractivity contribution in [3.63, 3.8) is 0 Å². The minimum Gasteiger partial charge on any atom is -0.393 e. The van der Waals surface area contributed by atoms with Crippen LogP contribution in [0.2, 0.25) is 0 Å². The summed E-state index contributed by atoms with van der Waals surface area (Å²) < 4.78 is 2.09. The Kier molecular flexibility index (Phi) is 7.12. The van der Waals surface area contributed by atoms with Gasteiger partial charge in [-0.15, -0.1) is 0 Å². The number of aliphatic hydroxyl groups excluding tert-OH is 1. The summed E-state index contributed by atoms with van der Waals surface area (Å²) in [5.41, 5.74) is 4.99. The average molecular weight is 568 g/mol. The Hall–Kier alpha value is -3.19. The van der Waals surface area contributed by atoms with Crippen molar-refractivity contribution in [2.75, 3.05) is 30.4 Å². The molecule has 7 nitrogen and oxygen atoms in total. The van der Waals surface area contributed by atoms with E-state index >= 15 is 0 Å². The number of hydrogen-bond donors (Lipinski definition) is 1. The van der Waals surface area contributed by atoms with Gasteiger partial charge in [-0.25, -0.2) is 4.98 Å². The van der Waals surface area contributed by atoms with Gasteiger partial charge in [0.15, 0.2) is 0 Å². The van der Waals surface area contributed by atoms with Crippen LogP contribution < -0.4 is 9.80 Å². The van der Waals surface area contributed by atoms with E-state index in [1.165, 1.54) is 18.4 Å². The number of carbonyl (C=O) groups is 1. The van der Waals surface area contributed by atoms with Crippen LogP contribution in [0.1, 0.15) is 88.7 Å². The monoisotopic (exact) mass is 567 g/mol. The van der Waals surface area contributed by atoms with Gasteiger partial charge in [0.05, 0.1) is 18.3 Å². The maximum atomic E-state index is 14.3.